The summed E-state index contributed by atoms with van der Waals surface area (Å²) in [5, 5.41) is 11.1. The molecule has 3 aromatic rings. The Hall–Kier alpha value is -3.83. The Kier molecular flexibility index (Phi) is 7.45. The van der Waals surface area contributed by atoms with Crippen LogP contribution in [0.25, 0.3) is 11.1 Å². The topological polar surface area (TPSA) is 117 Å². The van der Waals surface area contributed by atoms with E-state index in [9.17, 15) is 4.79 Å². The number of rotatable bonds is 7. The number of anilines is 2. The summed E-state index contributed by atoms with van der Waals surface area (Å²) in [7, 11) is 0. The molecule has 0 radical (unpaired) electrons. The molecule has 2 aromatic carbocycles. The summed E-state index contributed by atoms with van der Waals surface area (Å²) >= 11 is 5.77. The molecule has 1 saturated heterocycles. The maximum absolute atomic E-state index is 12.1. The van der Waals surface area contributed by atoms with Crippen molar-refractivity contribution in [3.05, 3.63) is 60.9 Å². The number of hydrogen-bond acceptors (Lipinski definition) is 7. The second kappa shape index (κ2) is 10.9. The van der Waals surface area contributed by atoms with Crippen molar-refractivity contribution < 1.29 is 9.53 Å². The molecule has 9 heteroatoms. The highest BCUT2D eigenvalue weighted by atomic mass is 35.5. The van der Waals surface area contributed by atoms with Crippen molar-refractivity contribution in [2.24, 2.45) is 5.92 Å². The number of hydrogen-bond donors (Lipinski definition) is 2. The number of likely N-dealkylation sites (tertiary alicyclic amines) is 1. The lowest BCUT2D eigenvalue weighted by Crippen LogP contribution is -2.43. The molecule has 1 aromatic heterocycles. The average molecular weight is 477 g/mol. The van der Waals surface area contributed by atoms with E-state index >= 15 is 0 Å². The SMILES string of the molecule is N#CC(Cl)C(=O)N1CCC(CNc2ncnc(N)c2-c2ccc(Oc3ccccc3)cc2)CC1. The van der Waals surface area contributed by atoms with Gasteiger partial charge < -0.3 is 20.7 Å². The molecular formula is C25H25ClN6O2. The number of nitrogens with two attached hydrogens (primary N) is 1. The molecule has 4 rings (SSSR count). The number of halogens is 1. The van der Waals surface area contributed by atoms with E-state index in [0.29, 0.717) is 37.2 Å². The number of para-hydroxylation sites is 1. The number of aromatic nitrogens is 2. The lowest BCUT2D eigenvalue weighted by Gasteiger charge is -2.32. The third kappa shape index (κ3) is 5.56. The first kappa shape index (κ1) is 23.3. The number of amides is 1. The highest BCUT2D eigenvalue weighted by molar-refractivity contribution is 6.32. The predicted molar refractivity (Wildman–Crippen MR) is 131 cm³/mol. The van der Waals surface area contributed by atoms with E-state index in [1.54, 1.807) is 11.0 Å². The van der Waals surface area contributed by atoms with Crippen LogP contribution >= 0.6 is 11.6 Å². The Morgan fingerprint density at radius 2 is 1.82 bits per heavy atom. The Morgan fingerprint density at radius 1 is 1.15 bits per heavy atom. The lowest BCUT2D eigenvalue weighted by atomic mass is 9.96. The molecule has 8 nitrogen and oxygen atoms in total. The summed E-state index contributed by atoms with van der Waals surface area (Å²) in [6.07, 6.45) is 3.07. The second-order valence-electron chi connectivity index (χ2n) is 8.06. The maximum Gasteiger partial charge on any atom is 0.255 e. The van der Waals surface area contributed by atoms with Crippen molar-refractivity contribution >= 4 is 29.1 Å². The fourth-order valence-corrected chi connectivity index (χ4v) is 4.08. The first-order chi connectivity index (χ1) is 16.5. The Bertz CT molecular complexity index is 1160. The molecule has 1 aliphatic heterocycles. The zero-order valence-electron chi connectivity index (χ0n) is 18.5. The molecule has 1 unspecified atom stereocenters. The van der Waals surface area contributed by atoms with Gasteiger partial charge in [-0.05, 0) is 48.6 Å². The van der Waals surface area contributed by atoms with E-state index in [0.717, 1.165) is 35.5 Å². The van der Waals surface area contributed by atoms with Crippen LogP contribution in [-0.4, -0.2) is 45.8 Å². The monoisotopic (exact) mass is 476 g/mol. The van der Waals surface area contributed by atoms with Gasteiger partial charge in [-0.15, -0.1) is 0 Å². The number of alkyl halides is 1. The number of nitrogens with zero attached hydrogens (tertiary/aromatic N) is 4. The number of piperidine rings is 1. The minimum absolute atomic E-state index is 0.318. The number of nitriles is 1. The van der Waals surface area contributed by atoms with Crippen LogP contribution in [0.4, 0.5) is 11.6 Å². The highest BCUT2D eigenvalue weighted by Gasteiger charge is 2.27. The molecule has 3 N–H and O–H groups in total. The normalized spacial score (nSPS) is 14.8. The van der Waals surface area contributed by atoms with Crippen LogP contribution < -0.4 is 15.8 Å². The second-order valence-corrected chi connectivity index (χ2v) is 8.50. The van der Waals surface area contributed by atoms with Gasteiger partial charge in [0.2, 0.25) is 0 Å². The fraction of sp³-hybridized carbons (Fsp3) is 0.280. The van der Waals surface area contributed by atoms with Crippen molar-refractivity contribution in [3.63, 3.8) is 0 Å². The summed E-state index contributed by atoms with van der Waals surface area (Å²) in [6.45, 7) is 1.85. The number of benzene rings is 2. The summed E-state index contributed by atoms with van der Waals surface area (Å²) in [4.78, 5) is 22.3. The van der Waals surface area contributed by atoms with Gasteiger partial charge in [0.15, 0.2) is 5.38 Å². The predicted octanol–water partition coefficient (Wildman–Crippen LogP) is 4.30. The molecule has 0 saturated carbocycles. The van der Waals surface area contributed by atoms with Crippen molar-refractivity contribution in [2.75, 3.05) is 30.7 Å². The molecule has 0 bridgehead atoms. The molecule has 1 amide bonds. The average Bonchev–Trinajstić information content (AvgIpc) is 2.88. The van der Waals surface area contributed by atoms with Gasteiger partial charge in [0.25, 0.3) is 5.91 Å². The van der Waals surface area contributed by atoms with Gasteiger partial charge in [-0.1, -0.05) is 41.9 Å². The van der Waals surface area contributed by atoms with E-state index in [1.165, 1.54) is 6.33 Å². The number of carbonyl (C=O) groups is 1. The van der Waals surface area contributed by atoms with Gasteiger partial charge >= 0.3 is 0 Å². The standard InChI is InChI=1S/C25H25ClN6O2/c26-21(14-27)25(33)32-12-10-17(11-13-32)15-29-24-22(23(28)30-16-31-24)18-6-8-20(9-7-18)34-19-4-2-1-3-5-19/h1-9,16-17,21H,10-13,15H2,(H3,28,29,30,31). The maximum atomic E-state index is 12.1. The third-order valence-electron chi connectivity index (χ3n) is 5.81. The van der Waals surface area contributed by atoms with Gasteiger partial charge in [0.1, 0.15) is 29.5 Å². The zero-order chi connectivity index (χ0) is 23.9. The smallest absolute Gasteiger partial charge is 0.255 e. The van der Waals surface area contributed by atoms with Gasteiger partial charge in [-0.2, -0.15) is 5.26 Å². The summed E-state index contributed by atoms with van der Waals surface area (Å²) in [5.41, 5.74) is 7.83. The Morgan fingerprint density at radius 3 is 2.50 bits per heavy atom. The van der Waals surface area contributed by atoms with Crippen LogP contribution in [0.1, 0.15) is 12.8 Å². The van der Waals surface area contributed by atoms with Crippen molar-refractivity contribution in [3.8, 4) is 28.7 Å². The van der Waals surface area contributed by atoms with Gasteiger partial charge in [0.05, 0.1) is 11.6 Å². The van der Waals surface area contributed by atoms with E-state index in [1.807, 2.05) is 54.6 Å². The van der Waals surface area contributed by atoms with Crippen molar-refractivity contribution in [1.29, 1.82) is 5.26 Å². The first-order valence-electron chi connectivity index (χ1n) is 11.1. The molecule has 34 heavy (non-hydrogen) atoms. The van der Waals surface area contributed by atoms with E-state index in [-0.39, 0.29) is 5.91 Å². The molecule has 1 atom stereocenters. The summed E-state index contributed by atoms with van der Waals surface area (Å²) < 4.78 is 5.87. The van der Waals surface area contributed by atoms with E-state index in [2.05, 4.69) is 15.3 Å². The first-order valence-corrected chi connectivity index (χ1v) is 11.5. The van der Waals surface area contributed by atoms with E-state index < -0.39 is 5.38 Å². The number of nitrogens with one attached hydrogen (secondary N) is 1. The van der Waals surface area contributed by atoms with E-state index in [4.69, 9.17) is 27.3 Å². The minimum atomic E-state index is -1.12. The van der Waals surface area contributed by atoms with Crippen LogP contribution in [0.3, 0.4) is 0 Å². The van der Waals surface area contributed by atoms with Crippen LogP contribution in [0, 0.1) is 17.2 Å². The van der Waals surface area contributed by atoms with Gasteiger partial charge in [-0.25, -0.2) is 9.97 Å². The Balaban J connectivity index is 1.40. The number of ether oxygens (including phenoxy) is 1. The van der Waals surface area contributed by atoms with Crippen molar-refractivity contribution in [2.45, 2.75) is 18.2 Å². The summed E-state index contributed by atoms with van der Waals surface area (Å²) in [6, 6.07) is 19.0. The molecule has 0 aliphatic carbocycles. The molecule has 1 aliphatic rings. The van der Waals surface area contributed by atoms with Gasteiger partial charge in [-0.3, -0.25) is 4.79 Å². The van der Waals surface area contributed by atoms with Crippen LogP contribution in [0.5, 0.6) is 11.5 Å². The Labute approximate surface area is 203 Å². The van der Waals surface area contributed by atoms with Crippen LogP contribution in [0.15, 0.2) is 60.9 Å². The largest absolute Gasteiger partial charge is 0.457 e. The molecular weight excluding hydrogens is 452 g/mol. The van der Waals surface area contributed by atoms with Gasteiger partial charge in [0, 0.05) is 19.6 Å². The number of nitrogen functional groups attached to an aromatic ring is 1. The third-order valence-corrected chi connectivity index (χ3v) is 6.10. The summed E-state index contributed by atoms with van der Waals surface area (Å²) in [5.74, 6) is 2.57. The fourth-order valence-electron chi connectivity index (χ4n) is 3.95. The zero-order valence-corrected chi connectivity index (χ0v) is 19.3. The van der Waals surface area contributed by atoms with Crippen LogP contribution in [0.2, 0.25) is 0 Å². The van der Waals surface area contributed by atoms with Crippen molar-refractivity contribution in [1.82, 2.24) is 14.9 Å². The molecule has 1 fully saturated rings. The number of carbonyl (C=O) groups excluding carboxylic acids is 1. The molecule has 174 valence electrons. The molecule has 0 spiro atoms. The lowest BCUT2D eigenvalue weighted by molar-refractivity contribution is -0.131. The highest BCUT2D eigenvalue weighted by Crippen LogP contribution is 2.33. The minimum Gasteiger partial charge on any atom is -0.457 e. The quantitative estimate of drug-likeness (QED) is 0.488. The van der Waals surface area contributed by atoms with Crippen LogP contribution in [-0.2, 0) is 4.79 Å². The molecule has 2 heterocycles.